The van der Waals surface area contributed by atoms with Gasteiger partial charge >= 0.3 is 0 Å². The summed E-state index contributed by atoms with van der Waals surface area (Å²) in [5.41, 5.74) is 2.70. The Bertz CT molecular complexity index is 1350. The van der Waals surface area contributed by atoms with Crippen LogP contribution in [0, 0.1) is 0 Å². The van der Waals surface area contributed by atoms with Crippen molar-refractivity contribution in [2.45, 2.75) is 51.0 Å². The van der Waals surface area contributed by atoms with Crippen LogP contribution < -0.4 is 4.90 Å². The number of para-hydroxylation sites is 1. The number of phenolic OH excluding ortho intramolecular Hbond substituents is 1. The zero-order chi connectivity index (χ0) is 23.8. The minimum absolute atomic E-state index is 0.366. The molecule has 1 aliphatic heterocycles. The molecule has 8 heteroatoms. The van der Waals surface area contributed by atoms with Crippen molar-refractivity contribution in [2.75, 3.05) is 31.1 Å². The lowest BCUT2D eigenvalue weighted by Gasteiger charge is -2.26. The summed E-state index contributed by atoms with van der Waals surface area (Å²) in [6, 6.07) is 13.5. The first-order valence-electron chi connectivity index (χ1n) is 12.8. The molecule has 7 nitrogen and oxygen atoms in total. The summed E-state index contributed by atoms with van der Waals surface area (Å²) in [6.07, 6.45) is 7.14. The van der Waals surface area contributed by atoms with Crippen molar-refractivity contribution in [1.82, 2.24) is 24.5 Å². The van der Waals surface area contributed by atoms with Crippen LogP contribution in [-0.2, 0) is 6.54 Å². The summed E-state index contributed by atoms with van der Waals surface area (Å²) in [4.78, 5) is 9.94. The van der Waals surface area contributed by atoms with Gasteiger partial charge in [0, 0.05) is 54.6 Å². The van der Waals surface area contributed by atoms with Crippen molar-refractivity contribution in [3.63, 3.8) is 0 Å². The maximum atomic E-state index is 10.2. The van der Waals surface area contributed by atoms with Gasteiger partial charge in [0.2, 0.25) is 5.95 Å². The molecule has 1 N–H and O–H groups in total. The number of halogens is 1. The minimum Gasteiger partial charge on any atom is -0.508 e. The molecule has 35 heavy (non-hydrogen) atoms. The minimum atomic E-state index is 0.366. The fraction of sp³-hybridized carbons (Fsp3) is 0.444. The van der Waals surface area contributed by atoms with Crippen LogP contribution in [0.5, 0.6) is 5.75 Å². The molecule has 3 heterocycles. The van der Waals surface area contributed by atoms with E-state index in [4.69, 9.17) is 21.7 Å². The van der Waals surface area contributed by atoms with Crippen LogP contribution in [0.4, 0.5) is 5.95 Å². The predicted octanol–water partition coefficient (Wildman–Crippen LogP) is 5.40. The van der Waals surface area contributed by atoms with Crippen molar-refractivity contribution in [2.24, 2.45) is 0 Å². The van der Waals surface area contributed by atoms with Gasteiger partial charge in [0.15, 0.2) is 5.65 Å². The molecule has 0 radical (unpaired) electrons. The Kier molecular flexibility index (Phi) is 6.20. The highest BCUT2D eigenvalue weighted by atomic mass is 35.5. The molecule has 2 aromatic heterocycles. The Morgan fingerprint density at radius 2 is 1.77 bits per heavy atom. The van der Waals surface area contributed by atoms with Crippen molar-refractivity contribution in [3.8, 4) is 5.75 Å². The highest BCUT2D eigenvalue weighted by Crippen LogP contribution is 2.35. The van der Waals surface area contributed by atoms with Crippen LogP contribution in [0.2, 0.25) is 5.02 Å². The zero-order valence-electron chi connectivity index (χ0n) is 19.9. The fourth-order valence-corrected chi connectivity index (χ4v) is 5.83. The number of anilines is 1. The summed E-state index contributed by atoms with van der Waals surface area (Å²) in [5.74, 6) is 2.76. The topological polar surface area (TPSA) is 69.8 Å². The predicted molar refractivity (Wildman–Crippen MR) is 139 cm³/mol. The summed E-state index contributed by atoms with van der Waals surface area (Å²) >= 11 is 6.35. The molecule has 0 unspecified atom stereocenters. The average Bonchev–Trinajstić information content (AvgIpc) is 3.19. The molecule has 182 valence electrons. The molecule has 0 atom stereocenters. The van der Waals surface area contributed by atoms with Gasteiger partial charge in [-0.05, 0) is 43.5 Å². The van der Waals surface area contributed by atoms with Crippen LogP contribution in [0.15, 0.2) is 42.5 Å². The number of fused-ring (bicyclic) bond motifs is 3. The van der Waals surface area contributed by atoms with Crippen molar-refractivity contribution >= 4 is 34.1 Å². The normalized spacial score (nSPS) is 18.4. The third-order valence-corrected chi connectivity index (χ3v) is 7.77. The largest absolute Gasteiger partial charge is 0.508 e. The lowest BCUT2D eigenvalue weighted by Crippen LogP contribution is -2.32. The van der Waals surface area contributed by atoms with E-state index in [1.165, 1.54) is 19.3 Å². The molecule has 0 amide bonds. The van der Waals surface area contributed by atoms with Crippen LogP contribution >= 0.6 is 11.6 Å². The second-order valence-electron chi connectivity index (χ2n) is 9.87. The van der Waals surface area contributed by atoms with Gasteiger partial charge in [0.1, 0.15) is 11.6 Å². The lowest BCUT2D eigenvalue weighted by atomic mass is 9.89. The van der Waals surface area contributed by atoms with Crippen LogP contribution in [0.3, 0.4) is 0 Å². The number of benzene rings is 2. The van der Waals surface area contributed by atoms with E-state index in [9.17, 15) is 5.11 Å². The van der Waals surface area contributed by atoms with Crippen molar-refractivity contribution in [1.29, 1.82) is 0 Å². The quantitative estimate of drug-likeness (QED) is 0.413. The van der Waals surface area contributed by atoms with Crippen LogP contribution in [0.1, 0.15) is 55.8 Å². The van der Waals surface area contributed by atoms with Gasteiger partial charge in [0.05, 0.1) is 5.52 Å². The van der Waals surface area contributed by atoms with Crippen LogP contribution in [0.25, 0.3) is 16.6 Å². The maximum Gasteiger partial charge on any atom is 0.213 e. The Morgan fingerprint density at radius 1 is 0.914 bits per heavy atom. The molecule has 0 spiro atoms. The second-order valence-corrected chi connectivity index (χ2v) is 10.3. The number of aromatic nitrogens is 4. The molecular weight excluding hydrogens is 460 g/mol. The SMILES string of the molecule is Oc1ccccc1CN1CCCN(c2nc3cc(Cl)ccc3c3nnc(C4CCCCC4)n23)CC1. The van der Waals surface area contributed by atoms with E-state index in [-0.39, 0.29) is 0 Å². The first kappa shape index (κ1) is 22.6. The van der Waals surface area contributed by atoms with Gasteiger partial charge in [-0.15, -0.1) is 10.2 Å². The molecule has 6 rings (SSSR count). The van der Waals surface area contributed by atoms with E-state index >= 15 is 0 Å². The summed E-state index contributed by atoms with van der Waals surface area (Å²) in [5, 5.41) is 21.3. The molecule has 2 aliphatic rings. The van der Waals surface area contributed by atoms with Gasteiger partial charge in [-0.25, -0.2) is 9.38 Å². The monoisotopic (exact) mass is 490 g/mol. The standard InChI is InChI=1S/C27H31ClN6O/c28-21-11-12-22-23(17-21)29-27(34-25(30-31-26(22)34)19-7-2-1-3-8-19)33-14-6-13-32(15-16-33)18-20-9-4-5-10-24(20)35/h4-5,9-12,17,19,35H,1-3,6-8,13-16,18H2. The first-order chi connectivity index (χ1) is 17.2. The third-order valence-electron chi connectivity index (χ3n) is 7.54. The van der Waals surface area contributed by atoms with E-state index < -0.39 is 0 Å². The van der Waals surface area contributed by atoms with Gasteiger partial charge in [0.25, 0.3) is 0 Å². The smallest absolute Gasteiger partial charge is 0.213 e. The Balaban J connectivity index is 1.36. The molecule has 4 aromatic rings. The molecule has 1 saturated carbocycles. The average molecular weight is 491 g/mol. The summed E-state index contributed by atoms with van der Waals surface area (Å²) in [7, 11) is 0. The van der Waals surface area contributed by atoms with Gasteiger partial charge in [-0.3, -0.25) is 4.90 Å². The van der Waals surface area contributed by atoms with Crippen molar-refractivity contribution in [3.05, 3.63) is 58.9 Å². The Hall–Kier alpha value is -2.90. The number of aromatic hydroxyl groups is 1. The van der Waals surface area contributed by atoms with Gasteiger partial charge < -0.3 is 10.0 Å². The fourth-order valence-electron chi connectivity index (χ4n) is 5.66. The summed E-state index contributed by atoms with van der Waals surface area (Å²) < 4.78 is 2.23. The molecule has 1 aliphatic carbocycles. The first-order valence-corrected chi connectivity index (χ1v) is 13.1. The molecule has 1 saturated heterocycles. The number of rotatable bonds is 4. The molecule has 2 fully saturated rings. The van der Waals surface area contributed by atoms with E-state index in [2.05, 4.69) is 19.3 Å². The highest BCUT2D eigenvalue weighted by molar-refractivity contribution is 6.31. The Morgan fingerprint density at radius 3 is 2.63 bits per heavy atom. The van der Waals surface area contributed by atoms with Crippen LogP contribution in [-0.4, -0.2) is 55.8 Å². The zero-order valence-corrected chi connectivity index (χ0v) is 20.7. The number of hydrogen-bond acceptors (Lipinski definition) is 6. The van der Waals surface area contributed by atoms with E-state index in [1.54, 1.807) is 6.07 Å². The second kappa shape index (κ2) is 9.63. The van der Waals surface area contributed by atoms with E-state index in [0.717, 1.165) is 85.9 Å². The van der Waals surface area contributed by atoms with E-state index in [1.807, 2.05) is 36.4 Å². The molecular formula is C27H31ClN6O. The third kappa shape index (κ3) is 4.43. The number of phenols is 1. The lowest BCUT2D eigenvalue weighted by molar-refractivity contribution is 0.281. The number of hydrogen-bond donors (Lipinski definition) is 1. The highest BCUT2D eigenvalue weighted by Gasteiger charge is 2.27. The Labute approximate surface area is 210 Å². The summed E-state index contributed by atoms with van der Waals surface area (Å²) in [6.45, 7) is 4.38. The molecule has 2 aromatic carbocycles. The van der Waals surface area contributed by atoms with E-state index in [0.29, 0.717) is 16.7 Å². The maximum absolute atomic E-state index is 10.2. The van der Waals surface area contributed by atoms with Crippen molar-refractivity contribution < 1.29 is 5.11 Å². The van der Waals surface area contributed by atoms with Gasteiger partial charge in [-0.1, -0.05) is 49.1 Å². The number of nitrogens with zero attached hydrogens (tertiary/aromatic N) is 6. The van der Waals surface area contributed by atoms with Gasteiger partial charge in [-0.2, -0.15) is 0 Å². The molecule has 0 bridgehead atoms.